The smallest absolute Gasteiger partial charge is 0.279 e. The van der Waals surface area contributed by atoms with Gasteiger partial charge >= 0.3 is 0 Å². The van der Waals surface area contributed by atoms with Crippen molar-refractivity contribution in [2.45, 2.75) is 44.1 Å². The van der Waals surface area contributed by atoms with Crippen molar-refractivity contribution in [2.24, 2.45) is 17.8 Å². The van der Waals surface area contributed by atoms with Gasteiger partial charge in [0.05, 0.1) is 11.2 Å². The third-order valence-corrected chi connectivity index (χ3v) is 6.89. The number of hydrogen-bond acceptors (Lipinski definition) is 1. The van der Waals surface area contributed by atoms with Gasteiger partial charge in [0, 0.05) is 22.8 Å². The number of rotatable bonds is 4. The number of anilines is 1. The molecule has 1 aromatic carbocycles. The summed E-state index contributed by atoms with van der Waals surface area (Å²) in [6.45, 7) is 0.567. The molecule has 1 amide bonds. The highest BCUT2D eigenvalue weighted by Crippen LogP contribution is 2.54. The molecular formula is C18H24IN2O+. The molecule has 0 aliphatic heterocycles. The van der Waals surface area contributed by atoms with Crippen LogP contribution in [0, 0.1) is 21.3 Å². The summed E-state index contributed by atoms with van der Waals surface area (Å²) >= 11 is 2.27. The number of amides is 1. The van der Waals surface area contributed by atoms with Crippen molar-refractivity contribution < 1.29 is 10.1 Å². The molecule has 4 saturated carbocycles. The third-order valence-electron chi connectivity index (χ3n) is 5.95. The predicted octanol–water partition coefficient (Wildman–Crippen LogP) is 2.76. The van der Waals surface area contributed by atoms with Crippen LogP contribution in [0.2, 0.25) is 0 Å². The minimum absolute atomic E-state index is 0.139. The molecule has 22 heavy (non-hydrogen) atoms. The van der Waals surface area contributed by atoms with E-state index >= 15 is 0 Å². The minimum atomic E-state index is 0.139. The zero-order valence-electron chi connectivity index (χ0n) is 12.9. The second-order valence-electron chi connectivity index (χ2n) is 7.72. The maximum Gasteiger partial charge on any atom is 0.279 e. The Morgan fingerprint density at radius 2 is 1.73 bits per heavy atom. The normalized spacial score (nSPS) is 35.6. The summed E-state index contributed by atoms with van der Waals surface area (Å²) in [5.41, 5.74) is 1.32. The number of benzene rings is 1. The van der Waals surface area contributed by atoms with E-state index in [-0.39, 0.29) is 5.91 Å². The predicted molar refractivity (Wildman–Crippen MR) is 95.5 cm³/mol. The molecule has 118 valence electrons. The lowest BCUT2D eigenvalue weighted by molar-refractivity contribution is -0.729. The molecule has 3 N–H and O–H groups in total. The molecule has 0 aromatic heterocycles. The van der Waals surface area contributed by atoms with E-state index in [1.165, 1.54) is 38.5 Å². The molecule has 3 nitrogen and oxygen atoms in total. The first-order valence-corrected chi connectivity index (χ1v) is 9.58. The number of quaternary nitrogens is 1. The van der Waals surface area contributed by atoms with Gasteiger partial charge in [0.2, 0.25) is 0 Å². The summed E-state index contributed by atoms with van der Waals surface area (Å²) in [7, 11) is 0. The van der Waals surface area contributed by atoms with Crippen molar-refractivity contribution >= 4 is 34.2 Å². The van der Waals surface area contributed by atoms with Crippen molar-refractivity contribution in [3.63, 3.8) is 0 Å². The fourth-order valence-corrected chi connectivity index (χ4v) is 6.02. The number of nitrogens with two attached hydrogens (primary N) is 1. The Labute approximate surface area is 145 Å². The average Bonchev–Trinajstić information content (AvgIpc) is 2.46. The van der Waals surface area contributed by atoms with Crippen LogP contribution in [0.25, 0.3) is 0 Å². The molecule has 0 atom stereocenters. The maximum atomic E-state index is 12.3. The monoisotopic (exact) mass is 411 g/mol. The standard InChI is InChI=1S/C18H23IN2O/c19-15-3-1-2-4-16(15)21-17(22)11-20-18-8-12-5-13(9-18)7-14(6-12)10-18/h1-4,12-14,20H,5-11H2,(H,21,22)/p+1. The molecule has 0 saturated heterocycles. The van der Waals surface area contributed by atoms with Crippen LogP contribution in [-0.2, 0) is 4.79 Å². The quantitative estimate of drug-likeness (QED) is 0.736. The molecule has 0 unspecified atom stereocenters. The Morgan fingerprint density at radius 1 is 1.14 bits per heavy atom. The fraction of sp³-hybridized carbons (Fsp3) is 0.611. The number of halogens is 1. The summed E-state index contributed by atoms with van der Waals surface area (Å²) in [6, 6.07) is 7.98. The highest BCUT2D eigenvalue weighted by atomic mass is 127. The van der Waals surface area contributed by atoms with Crippen LogP contribution in [0.4, 0.5) is 5.69 Å². The van der Waals surface area contributed by atoms with E-state index in [0.29, 0.717) is 12.1 Å². The molecule has 5 rings (SSSR count). The third kappa shape index (κ3) is 2.92. The van der Waals surface area contributed by atoms with Gasteiger partial charge in [-0.25, -0.2) is 0 Å². The molecule has 0 heterocycles. The Bertz CT molecular complexity index is 551. The van der Waals surface area contributed by atoms with Gasteiger partial charge in [-0.3, -0.25) is 4.79 Å². The maximum absolute atomic E-state index is 12.3. The zero-order chi connectivity index (χ0) is 15.2. The van der Waals surface area contributed by atoms with Crippen LogP contribution in [-0.4, -0.2) is 18.0 Å². The topological polar surface area (TPSA) is 45.7 Å². The Morgan fingerprint density at radius 3 is 2.32 bits per heavy atom. The van der Waals surface area contributed by atoms with Gasteiger partial charge in [0.25, 0.3) is 5.91 Å². The van der Waals surface area contributed by atoms with Crippen LogP contribution >= 0.6 is 22.6 Å². The van der Waals surface area contributed by atoms with Gasteiger partial charge in [-0.2, -0.15) is 0 Å². The van der Waals surface area contributed by atoms with Gasteiger partial charge in [-0.05, 0) is 71.7 Å². The minimum Gasteiger partial charge on any atom is -0.334 e. The highest BCUT2D eigenvalue weighted by Gasteiger charge is 2.53. The molecule has 4 aliphatic rings. The zero-order valence-corrected chi connectivity index (χ0v) is 15.0. The highest BCUT2D eigenvalue weighted by molar-refractivity contribution is 14.1. The first-order chi connectivity index (χ1) is 10.6. The number of carbonyl (C=O) groups excluding carboxylic acids is 1. The number of nitrogens with one attached hydrogen (secondary N) is 1. The molecule has 4 aliphatic carbocycles. The summed E-state index contributed by atoms with van der Waals surface area (Å²) in [5, 5.41) is 5.44. The van der Waals surface area contributed by atoms with Gasteiger partial charge in [0.1, 0.15) is 0 Å². The second kappa shape index (κ2) is 5.78. The van der Waals surface area contributed by atoms with Gasteiger partial charge in [0.15, 0.2) is 6.54 Å². The van der Waals surface area contributed by atoms with Crippen molar-refractivity contribution in [3.05, 3.63) is 27.8 Å². The van der Waals surface area contributed by atoms with E-state index in [1.54, 1.807) is 0 Å². The summed E-state index contributed by atoms with van der Waals surface area (Å²) in [6.07, 6.45) is 8.41. The SMILES string of the molecule is O=C(C[NH2+]C12CC3CC(CC(C3)C1)C2)Nc1ccccc1I. The summed E-state index contributed by atoms with van der Waals surface area (Å²) < 4.78 is 1.10. The van der Waals surface area contributed by atoms with Crippen LogP contribution in [0.15, 0.2) is 24.3 Å². The first-order valence-electron chi connectivity index (χ1n) is 8.51. The van der Waals surface area contributed by atoms with E-state index in [1.807, 2.05) is 24.3 Å². The van der Waals surface area contributed by atoms with E-state index in [0.717, 1.165) is 27.0 Å². The van der Waals surface area contributed by atoms with Crippen LogP contribution in [0.1, 0.15) is 38.5 Å². The summed E-state index contributed by atoms with van der Waals surface area (Å²) in [4.78, 5) is 12.3. The molecule has 0 radical (unpaired) electrons. The number of carbonyl (C=O) groups is 1. The number of hydrogen-bond donors (Lipinski definition) is 2. The molecule has 4 bridgehead atoms. The van der Waals surface area contributed by atoms with Crippen LogP contribution < -0.4 is 10.6 Å². The lowest BCUT2D eigenvalue weighted by atomic mass is 9.53. The molecule has 4 heteroatoms. The molecule has 4 fully saturated rings. The van der Waals surface area contributed by atoms with Crippen molar-refractivity contribution in [2.75, 3.05) is 11.9 Å². The largest absolute Gasteiger partial charge is 0.334 e. The Balaban J connectivity index is 1.37. The van der Waals surface area contributed by atoms with Gasteiger partial charge < -0.3 is 10.6 Å². The second-order valence-corrected chi connectivity index (χ2v) is 8.88. The lowest BCUT2D eigenvalue weighted by Gasteiger charge is -2.54. The van der Waals surface area contributed by atoms with Crippen molar-refractivity contribution in [1.29, 1.82) is 0 Å². The Hall–Kier alpha value is -0.620. The van der Waals surface area contributed by atoms with Crippen molar-refractivity contribution in [3.8, 4) is 0 Å². The van der Waals surface area contributed by atoms with E-state index in [4.69, 9.17) is 0 Å². The van der Waals surface area contributed by atoms with Crippen LogP contribution in [0.5, 0.6) is 0 Å². The van der Waals surface area contributed by atoms with Crippen LogP contribution in [0.3, 0.4) is 0 Å². The Kier molecular flexibility index (Phi) is 3.93. The fourth-order valence-electron chi connectivity index (χ4n) is 5.50. The summed E-state index contributed by atoms with van der Waals surface area (Å²) in [5.74, 6) is 2.97. The van der Waals surface area contributed by atoms with Gasteiger partial charge in [-0.1, -0.05) is 12.1 Å². The van der Waals surface area contributed by atoms with E-state index in [2.05, 4.69) is 33.2 Å². The van der Waals surface area contributed by atoms with Crippen molar-refractivity contribution in [1.82, 2.24) is 0 Å². The molecule has 1 aromatic rings. The lowest BCUT2D eigenvalue weighted by Crippen LogP contribution is -3.00. The van der Waals surface area contributed by atoms with Gasteiger partial charge in [-0.15, -0.1) is 0 Å². The number of para-hydroxylation sites is 1. The molecule has 0 spiro atoms. The average molecular weight is 411 g/mol. The molecular weight excluding hydrogens is 387 g/mol. The van der Waals surface area contributed by atoms with E-state index < -0.39 is 0 Å². The van der Waals surface area contributed by atoms with E-state index in [9.17, 15) is 4.79 Å². The first kappa shape index (κ1) is 14.9.